The number of halogens is 1. The van der Waals surface area contributed by atoms with Gasteiger partial charge in [0.15, 0.2) is 0 Å². The van der Waals surface area contributed by atoms with Crippen LogP contribution in [0.5, 0.6) is 0 Å². The molecule has 0 aliphatic heterocycles. The molecule has 4 nitrogen and oxygen atoms in total. The fraction of sp³-hybridized carbons (Fsp3) is 0.143. The van der Waals surface area contributed by atoms with Gasteiger partial charge in [-0.15, -0.1) is 11.8 Å². The van der Waals surface area contributed by atoms with E-state index in [2.05, 4.69) is 9.97 Å². The number of nitrogens with zero attached hydrogens (tertiary/aromatic N) is 2. The van der Waals surface area contributed by atoms with Crippen molar-refractivity contribution in [2.45, 2.75) is 11.4 Å². The van der Waals surface area contributed by atoms with Gasteiger partial charge < -0.3 is 9.88 Å². The molecule has 0 atom stereocenters. The van der Waals surface area contributed by atoms with Gasteiger partial charge in [0.05, 0.1) is 23.3 Å². The van der Waals surface area contributed by atoms with Gasteiger partial charge >= 0.3 is 0 Å². The van der Waals surface area contributed by atoms with Gasteiger partial charge in [-0.2, -0.15) is 0 Å². The number of aromatic amines is 1. The Bertz CT molecular complexity index is 1090. The number of carbonyl (C=O) groups excluding carboxylic acids is 1. The molecule has 0 fully saturated rings. The molecule has 4 aromatic rings. The number of imidazole rings is 1. The highest BCUT2D eigenvalue weighted by atomic mass is 35.5. The molecule has 1 heterocycles. The van der Waals surface area contributed by atoms with Crippen molar-refractivity contribution in [3.8, 4) is 0 Å². The summed E-state index contributed by atoms with van der Waals surface area (Å²) in [6.07, 6.45) is 0. The maximum atomic E-state index is 12.6. The number of carbonyl (C=O) groups is 1. The lowest BCUT2D eigenvalue weighted by Crippen LogP contribution is -2.28. The SMILES string of the molecule is CN(Cc1nc2ccccc2[nH]1)C(=O)CSc1cccc2cccc(Cl)c12. The van der Waals surface area contributed by atoms with Crippen molar-refractivity contribution in [3.63, 3.8) is 0 Å². The average Bonchev–Trinajstić information content (AvgIpc) is 3.08. The zero-order valence-corrected chi connectivity index (χ0v) is 16.3. The second-order valence-electron chi connectivity index (χ2n) is 6.33. The highest BCUT2D eigenvalue weighted by Gasteiger charge is 2.14. The first-order valence-corrected chi connectivity index (χ1v) is 9.96. The number of nitrogens with one attached hydrogen (secondary N) is 1. The quantitative estimate of drug-likeness (QED) is 0.477. The molecule has 0 aliphatic carbocycles. The van der Waals surface area contributed by atoms with E-state index >= 15 is 0 Å². The number of aromatic nitrogens is 2. The Balaban J connectivity index is 1.45. The second kappa shape index (κ2) is 7.62. The summed E-state index contributed by atoms with van der Waals surface area (Å²) < 4.78 is 0. The minimum absolute atomic E-state index is 0.0458. The topological polar surface area (TPSA) is 49.0 Å². The van der Waals surface area contributed by atoms with Gasteiger partial charge in [0.1, 0.15) is 5.82 Å². The summed E-state index contributed by atoms with van der Waals surface area (Å²) in [5.74, 6) is 1.18. The van der Waals surface area contributed by atoms with Crippen LogP contribution in [0.3, 0.4) is 0 Å². The van der Waals surface area contributed by atoms with Gasteiger partial charge in [0, 0.05) is 22.4 Å². The third-order valence-electron chi connectivity index (χ3n) is 4.42. The number of fused-ring (bicyclic) bond motifs is 2. The minimum Gasteiger partial charge on any atom is -0.340 e. The average molecular weight is 396 g/mol. The summed E-state index contributed by atoms with van der Waals surface area (Å²) in [5.41, 5.74) is 1.89. The van der Waals surface area contributed by atoms with Crippen molar-refractivity contribution in [2.75, 3.05) is 12.8 Å². The second-order valence-corrected chi connectivity index (χ2v) is 7.76. The standard InChI is InChI=1S/C21H18ClN3OS/c1-25(12-19-23-16-9-2-3-10-17(16)24-19)20(26)13-27-18-11-5-7-14-6-4-8-15(22)21(14)18/h2-11H,12-13H2,1H3,(H,23,24). The van der Waals surface area contributed by atoms with Crippen LogP contribution in [-0.2, 0) is 11.3 Å². The van der Waals surface area contributed by atoms with Gasteiger partial charge in [0.25, 0.3) is 0 Å². The number of amides is 1. The van der Waals surface area contributed by atoms with E-state index in [-0.39, 0.29) is 5.91 Å². The highest BCUT2D eigenvalue weighted by Crippen LogP contribution is 2.33. The Morgan fingerprint density at radius 1 is 1.11 bits per heavy atom. The van der Waals surface area contributed by atoms with Crippen LogP contribution < -0.4 is 0 Å². The van der Waals surface area contributed by atoms with Crippen LogP contribution >= 0.6 is 23.4 Å². The lowest BCUT2D eigenvalue weighted by molar-refractivity contribution is -0.127. The van der Waals surface area contributed by atoms with E-state index in [9.17, 15) is 4.79 Å². The van der Waals surface area contributed by atoms with Crippen LogP contribution in [0, 0.1) is 0 Å². The number of hydrogen-bond donors (Lipinski definition) is 1. The summed E-state index contributed by atoms with van der Waals surface area (Å²) in [6, 6.07) is 19.7. The van der Waals surface area contributed by atoms with Crippen molar-refractivity contribution in [3.05, 3.63) is 71.5 Å². The number of para-hydroxylation sites is 2. The van der Waals surface area contributed by atoms with Crippen molar-refractivity contribution >= 4 is 51.1 Å². The number of hydrogen-bond acceptors (Lipinski definition) is 3. The summed E-state index contributed by atoms with van der Waals surface area (Å²) in [7, 11) is 1.80. The van der Waals surface area contributed by atoms with Gasteiger partial charge in [-0.05, 0) is 29.7 Å². The lowest BCUT2D eigenvalue weighted by Gasteiger charge is -2.16. The third-order valence-corrected chi connectivity index (χ3v) is 5.78. The van der Waals surface area contributed by atoms with Crippen LogP contribution in [-0.4, -0.2) is 33.6 Å². The smallest absolute Gasteiger partial charge is 0.233 e. The fourth-order valence-corrected chi connectivity index (χ4v) is 4.41. The maximum Gasteiger partial charge on any atom is 0.233 e. The third kappa shape index (κ3) is 3.80. The van der Waals surface area contributed by atoms with Crippen LogP contribution in [0.15, 0.2) is 65.6 Å². The Morgan fingerprint density at radius 3 is 2.70 bits per heavy atom. The summed E-state index contributed by atoms with van der Waals surface area (Å²) in [4.78, 5) is 23.1. The number of thioether (sulfide) groups is 1. The molecule has 0 aliphatic rings. The van der Waals surface area contributed by atoms with Gasteiger partial charge in [0.2, 0.25) is 5.91 Å². The Morgan fingerprint density at radius 2 is 1.89 bits per heavy atom. The first-order chi connectivity index (χ1) is 13.1. The first-order valence-electron chi connectivity index (χ1n) is 8.59. The van der Waals surface area contributed by atoms with Gasteiger partial charge in [-0.25, -0.2) is 4.98 Å². The maximum absolute atomic E-state index is 12.6. The molecule has 1 amide bonds. The van der Waals surface area contributed by atoms with Crippen molar-refractivity contribution < 1.29 is 4.79 Å². The molecule has 4 rings (SSSR count). The molecule has 0 unspecified atom stereocenters. The van der Waals surface area contributed by atoms with E-state index in [1.807, 2.05) is 60.7 Å². The number of benzene rings is 3. The minimum atomic E-state index is 0.0458. The molecule has 0 saturated carbocycles. The Labute approximate surface area is 166 Å². The number of rotatable bonds is 5. The highest BCUT2D eigenvalue weighted by molar-refractivity contribution is 8.00. The molecular formula is C21H18ClN3OS. The van der Waals surface area contributed by atoms with E-state index in [1.165, 1.54) is 11.8 Å². The molecule has 0 radical (unpaired) electrons. The first kappa shape index (κ1) is 17.9. The van der Waals surface area contributed by atoms with Crippen LogP contribution in [0.2, 0.25) is 5.02 Å². The molecule has 0 bridgehead atoms. The Hall–Kier alpha value is -2.50. The summed E-state index contributed by atoms with van der Waals surface area (Å²) >= 11 is 7.87. The molecular weight excluding hydrogens is 378 g/mol. The van der Waals surface area contributed by atoms with Crippen molar-refractivity contribution in [1.82, 2.24) is 14.9 Å². The van der Waals surface area contributed by atoms with Crippen molar-refractivity contribution in [2.24, 2.45) is 0 Å². The molecule has 0 saturated heterocycles. The molecule has 136 valence electrons. The van der Waals surface area contributed by atoms with Crippen LogP contribution in [0.1, 0.15) is 5.82 Å². The van der Waals surface area contributed by atoms with E-state index < -0.39 is 0 Å². The normalized spacial score (nSPS) is 11.2. The monoisotopic (exact) mass is 395 g/mol. The fourth-order valence-electron chi connectivity index (χ4n) is 3.03. The van der Waals surface area contributed by atoms with Gasteiger partial charge in [-0.1, -0.05) is 48.0 Å². The molecule has 6 heteroatoms. The molecule has 1 aromatic heterocycles. The molecule has 0 spiro atoms. The van der Waals surface area contributed by atoms with E-state index in [4.69, 9.17) is 11.6 Å². The molecule has 27 heavy (non-hydrogen) atoms. The zero-order chi connectivity index (χ0) is 18.8. The molecule has 3 aromatic carbocycles. The van der Waals surface area contributed by atoms with E-state index in [0.29, 0.717) is 17.3 Å². The van der Waals surface area contributed by atoms with E-state index in [0.717, 1.165) is 32.5 Å². The number of H-pyrrole nitrogens is 1. The summed E-state index contributed by atoms with van der Waals surface area (Å²) in [5, 5.41) is 2.79. The Kier molecular flexibility index (Phi) is 5.05. The van der Waals surface area contributed by atoms with Crippen molar-refractivity contribution in [1.29, 1.82) is 0 Å². The van der Waals surface area contributed by atoms with E-state index in [1.54, 1.807) is 11.9 Å². The largest absolute Gasteiger partial charge is 0.340 e. The zero-order valence-electron chi connectivity index (χ0n) is 14.8. The van der Waals surface area contributed by atoms with Gasteiger partial charge in [-0.3, -0.25) is 4.79 Å². The van der Waals surface area contributed by atoms with Crippen LogP contribution in [0.4, 0.5) is 0 Å². The molecule has 1 N–H and O–H groups in total. The summed E-state index contributed by atoms with van der Waals surface area (Å²) in [6.45, 7) is 0.449. The predicted molar refractivity (Wildman–Crippen MR) is 112 cm³/mol. The van der Waals surface area contributed by atoms with Crippen LogP contribution in [0.25, 0.3) is 21.8 Å². The predicted octanol–water partition coefficient (Wildman–Crippen LogP) is 5.12. The lowest BCUT2D eigenvalue weighted by atomic mass is 10.1.